The molecule has 3 amide bonds. The Morgan fingerprint density at radius 2 is 1.50 bits per heavy atom. The number of hydrogen-bond acceptors (Lipinski definition) is 4. The van der Waals surface area contributed by atoms with Crippen LogP contribution in [0.1, 0.15) is 26.3 Å². The van der Waals surface area contributed by atoms with E-state index in [1.807, 2.05) is 36.4 Å². The Balaban J connectivity index is 1.51. The first-order valence-electron chi connectivity index (χ1n) is 9.26. The molecule has 7 heteroatoms. The second kappa shape index (κ2) is 8.26. The maximum absolute atomic E-state index is 13.0. The molecule has 30 heavy (non-hydrogen) atoms. The number of para-hydroxylation sites is 1. The fourth-order valence-corrected chi connectivity index (χ4v) is 3.53. The number of thiocarbonyl (C=S) groups is 1. The molecule has 0 saturated carbocycles. The Kier molecular flexibility index (Phi) is 5.36. The zero-order chi connectivity index (χ0) is 21.1. The number of imide groups is 1. The third-order valence-corrected chi connectivity index (χ3v) is 4.84. The highest BCUT2D eigenvalue weighted by atomic mass is 32.1. The van der Waals surface area contributed by atoms with E-state index >= 15 is 0 Å². The number of anilines is 2. The van der Waals surface area contributed by atoms with Crippen molar-refractivity contribution in [3.63, 3.8) is 0 Å². The van der Waals surface area contributed by atoms with Gasteiger partial charge in [-0.15, -0.1) is 0 Å². The summed E-state index contributed by atoms with van der Waals surface area (Å²) in [6.45, 7) is 0. The third-order valence-electron chi connectivity index (χ3n) is 4.64. The molecule has 0 fully saturated rings. The van der Waals surface area contributed by atoms with Gasteiger partial charge < -0.3 is 10.6 Å². The van der Waals surface area contributed by atoms with Crippen LogP contribution in [-0.2, 0) is 11.2 Å². The van der Waals surface area contributed by atoms with Gasteiger partial charge in [0, 0.05) is 0 Å². The highest BCUT2D eigenvalue weighted by molar-refractivity contribution is 7.80. The largest absolute Gasteiger partial charge is 0.332 e. The minimum atomic E-state index is -0.442. The first-order chi connectivity index (χ1) is 14.5. The molecule has 0 saturated heterocycles. The van der Waals surface area contributed by atoms with E-state index in [9.17, 15) is 14.4 Å². The Hall–Kier alpha value is -3.84. The van der Waals surface area contributed by atoms with E-state index in [0.717, 1.165) is 10.5 Å². The fourth-order valence-electron chi connectivity index (χ4n) is 3.31. The number of hydrogen-bond donors (Lipinski definition) is 2. The van der Waals surface area contributed by atoms with Crippen LogP contribution in [0.3, 0.4) is 0 Å². The van der Waals surface area contributed by atoms with Gasteiger partial charge in [-0.1, -0.05) is 54.6 Å². The van der Waals surface area contributed by atoms with Crippen molar-refractivity contribution in [3.8, 4) is 0 Å². The maximum atomic E-state index is 13.0. The van der Waals surface area contributed by atoms with Gasteiger partial charge in [0.25, 0.3) is 11.8 Å². The minimum Gasteiger partial charge on any atom is -0.332 e. The van der Waals surface area contributed by atoms with Gasteiger partial charge in [0.1, 0.15) is 0 Å². The number of carbonyl (C=O) groups is 3. The lowest BCUT2D eigenvalue weighted by Crippen LogP contribution is -2.35. The summed E-state index contributed by atoms with van der Waals surface area (Å²) in [6.07, 6.45) is 0.175. The molecule has 0 atom stereocenters. The lowest BCUT2D eigenvalue weighted by atomic mass is 10.1. The summed E-state index contributed by atoms with van der Waals surface area (Å²) in [5.74, 6) is -1.12. The topological polar surface area (TPSA) is 78.5 Å². The van der Waals surface area contributed by atoms with Crippen LogP contribution in [0.2, 0.25) is 0 Å². The van der Waals surface area contributed by atoms with Crippen molar-refractivity contribution in [2.45, 2.75) is 6.42 Å². The van der Waals surface area contributed by atoms with Crippen molar-refractivity contribution in [3.05, 3.63) is 95.6 Å². The molecule has 3 aromatic rings. The molecule has 0 bridgehead atoms. The molecule has 1 aliphatic rings. The van der Waals surface area contributed by atoms with Crippen LogP contribution in [0.4, 0.5) is 11.4 Å². The van der Waals surface area contributed by atoms with Gasteiger partial charge in [-0.05, 0) is 42.0 Å². The quantitative estimate of drug-likeness (QED) is 0.503. The summed E-state index contributed by atoms with van der Waals surface area (Å²) >= 11 is 5.24. The molecule has 6 nitrogen and oxygen atoms in total. The van der Waals surface area contributed by atoms with E-state index in [1.165, 1.54) is 0 Å². The number of benzene rings is 3. The molecule has 2 N–H and O–H groups in total. The monoisotopic (exact) mass is 415 g/mol. The second-order valence-corrected chi connectivity index (χ2v) is 7.08. The van der Waals surface area contributed by atoms with Crippen LogP contribution in [0.5, 0.6) is 0 Å². The van der Waals surface area contributed by atoms with Crippen molar-refractivity contribution in [2.24, 2.45) is 0 Å². The Morgan fingerprint density at radius 1 is 0.833 bits per heavy atom. The van der Waals surface area contributed by atoms with Crippen LogP contribution < -0.4 is 15.5 Å². The highest BCUT2D eigenvalue weighted by Gasteiger charge is 2.38. The number of nitrogens with one attached hydrogen (secondary N) is 2. The van der Waals surface area contributed by atoms with Crippen LogP contribution in [0.15, 0.2) is 78.9 Å². The van der Waals surface area contributed by atoms with Crippen molar-refractivity contribution in [1.82, 2.24) is 5.32 Å². The van der Waals surface area contributed by atoms with E-state index in [0.29, 0.717) is 11.4 Å². The number of amides is 3. The first kappa shape index (κ1) is 19.5. The van der Waals surface area contributed by atoms with Gasteiger partial charge in [0.15, 0.2) is 5.11 Å². The number of fused-ring (bicyclic) bond motifs is 1. The van der Waals surface area contributed by atoms with E-state index < -0.39 is 11.8 Å². The molecule has 3 aromatic carbocycles. The SMILES string of the molecule is O=C(Cc1ccccc1)NC(=S)Nc1cccc2c1C(=O)N(c1ccccc1)C2=O. The predicted octanol–water partition coefficient (Wildman–Crippen LogP) is 3.54. The normalized spacial score (nSPS) is 12.5. The van der Waals surface area contributed by atoms with Crippen molar-refractivity contribution < 1.29 is 14.4 Å². The molecule has 1 heterocycles. The molecular weight excluding hydrogens is 398 g/mol. The molecule has 0 unspecified atom stereocenters. The summed E-state index contributed by atoms with van der Waals surface area (Å²) in [4.78, 5) is 39.2. The molecule has 4 rings (SSSR count). The molecule has 1 aliphatic heterocycles. The second-order valence-electron chi connectivity index (χ2n) is 6.67. The Bertz CT molecular complexity index is 1150. The molecule has 0 aromatic heterocycles. The van der Waals surface area contributed by atoms with Crippen LogP contribution >= 0.6 is 12.2 Å². The molecule has 148 valence electrons. The maximum Gasteiger partial charge on any atom is 0.268 e. The Labute approximate surface area is 178 Å². The molecule has 0 spiro atoms. The summed E-state index contributed by atoms with van der Waals surface area (Å²) in [6, 6.07) is 22.9. The highest BCUT2D eigenvalue weighted by Crippen LogP contribution is 2.32. The average Bonchev–Trinajstić information content (AvgIpc) is 3.00. The van der Waals surface area contributed by atoms with Gasteiger partial charge in [0.05, 0.1) is 28.9 Å². The minimum absolute atomic E-state index is 0.0581. The van der Waals surface area contributed by atoms with Gasteiger partial charge in [-0.25, -0.2) is 4.90 Å². The van der Waals surface area contributed by atoms with E-state index in [-0.39, 0.29) is 28.6 Å². The lowest BCUT2D eigenvalue weighted by molar-refractivity contribution is -0.119. The molecule has 0 radical (unpaired) electrons. The summed E-state index contributed by atoms with van der Waals surface area (Å²) in [5, 5.41) is 5.55. The number of rotatable bonds is 4. The predicted molar refractivity (Wildman–Crippen MR) is 119 cm³/mol. The summed E-state index contributed by atoms with van der Waals surface area (Å²) in [7, 11) is 0. The standard InChI is InChI=1S/C23H17N3O3S/c27-19(14-15-8-3-1-4-9-15)25-23(30)24-18-13-7-12-17-20(18)22(29)26(21(17)28)16-10-5-2-6-11-16/h1-13H,14H2,(H2,24,25,27,30). The third kappa shape index (κ3) is 3.83. The van der Waals surface area contributed by atoms with Crippen LogP contribution in [-0.4, -0.2) is 22.8 Å². The smallest absolute Gasteiger partial charge is 0.268 e. The zero-order valence-electron chi connectivity index (χ0n) is 15.8. The number of carbonyl (C=O) groups excluding carboxylic acids is 3. The van der Waals surface area contributed by atoms with Crippen LogP contribution in [0, 0.1) is 0 Å². The number of nitrogens with zero attached hydrogens (tertiary/aromatic N) is 1. The zero-order valence-corrected chi connectivity index (χ0v) is 16.6. The van der Waals surface area contributed by atoms with E-state index in [4.69, 9.17) is 12.2 Å². The van der Waals surface area contributed by atoms with E-state index in [2.05, 4.69) is 10.6 Å². The van der Waals surface area contributed by atoms with Gasteiger partial charge in [-0.3, -0.25) is 14.4 Å². The molecule has 0 aliphatic carbocycles. The average molecular weight is 415 g/mol. The summed E-state index contributed by atoms with van der Waals surface area (Å²) < 4.78 is 0. The van der Waals surface area contributed by atoms with Gasteiger partial charge >= 0.3 is 0 Å². The first-order valence-corrected chi connectivity index (χ1v) is 9.67. The fraction of sp³-hybridized carbons (Fsp3) is 0.0435. The van der Waals surface area contributed by atoms with Gasteiger partial charge in [-0.2, -0.15) is 0 Å². The van der Waals surface area contributed by atoms with E-state index in [1.54, 1.807) is 42.5 Å². The van der Waals surface area contributed by atoms with Crippen LogP contribution in [0.25, 0.3) is 0 Å². The lowest BCUT2D eigenvalue weighted by Gasteiger charge is -2.14. The Morgan fingerprint density at radius 3 is 2.20 bits per heavy atom. The van der Waals surface area contributed by atoms with Gasteiger partial charge in [0.2, 0.25) is 5.91 Å². The summed E-state index contributed by atoms with van der Waals surface area (Å²) in [5.41, 5.74) is 2.23. The van der Waals surface area contributed by atoms with Crippen molar-refractivity contribution in [2.75, 3.05) is 10.2 Å². The van der Waals surface area contributed by atoms with Crippen molar-refractivity contribution in [1.29, 1.82) is 0 Å². The van der Waals surface area contributed by atoms with Crippen molar-refractivity contribution >= 4 is 46.4 Å². The molecular formula is C23H17N3O3S.